The average molecular weight is 202 g/mol. The van der Waals surface area contributed by atoms with Crippen molar-refractivity contribution >= 4 is 11.8 Å². The van der Waals surface area contributed by atoms with Crippen LogP contribution in [-0.4, -0.2) is 38.4 Å². The van der Waals surface area contributed by atoms with Crippen LogP contribution >= 0.6 is 0 Å². The molecule has 80 valence electrons. The van der Waals surface area contributed by atoms with Crippen LogP contribution in [0.4, 0.5) is 0 Å². The maximum Gasteiger partial charge on any atom is 0.313 e. The third-order valence-electron chi connectivity index (χ3n) is 1.92. The van der Waals surface area contributed by atoms with Crippen molar-refractivity contribution in [3.63, 3.8) is 0 Å². The molecule has 0 bridgehead atoms. The van der Waals surface area contributed by atoms with Crippen molar-refractivity contribution in [2.45, 2.75) is 25.6 Å². The number of Topliss-reactive ketones (excluding diaryl/α,β-unsaturated/α-hetero) is 1. The molecule has 0 aromatic rings. The Morgan fingerprint density at radius 2 is 2.00 bits per heavy atom. The summed E-state index contributed by atoms with van der Waals surface area (Å²) in [6.07, 6.45) is 0.357. The van der Waals surface area contributed by atoms with E-state index in [0.717, 1.165) is 0 Å². The zero-order valence-electron chi connectivity index (χ0n) is 8.15. The van der Waals surface area contributed by atoms with Crippen LogP contribution in [-0.2, 0) is 23.8 Å². The van der Waals surface area contributed by atoms with E-state index < -0.39 is 5.97 Å². The van der Waals surface area contributed by atoms with Gasteiger partial charge >= 0.3 is 5.97 Å². The van der Waals surface area contributed by atoms with E-state index in [4.69, 9.17) is 9.47 Å². The van der Waals surface area contributed by atoms with Crippen LogP contribution in [0, 0.1) is 0 Å². The lowest BCUT2D eigenvalue weighted by molar-refractivity contribution is -0.143. The molecule has 0 saturated carbocycles. The predicted octanol–water partition coefficient (Wildman–Crippen LogP) is 0.272. The summed E-state index contributed by atoms with van der Waals surface area (Å²) < 4.78 is 14.7. The molecule has 5 nitrogen and oxygen atoms in total. The van der Waals surface area contributed by atoms with Crippen molar-refractivity contribution in [3.8, 4) is 0 Å². The highest BCUT2D eigenvalue weighted by molar-refractivity contribution is 5.95. The second-order valence-corrected chi connectivity index (χ2v) is 3.00. The van der Waals surface area contributed by atoms with Gasteiger partial charge in [0.25, 0.3) is 0 Å². The minimum absolute atomic E-state index is 0.143. The zero-order valence-corrected chi connectivity index (χ0v) is 8.15. The molecular weight excluding hydrogens is 188 g/mol. The van der Waals surface area contributed by atoms with Crippen LogP contribution in [0.2, 0.25) is 0 Å². The summed E-state index contributed by atoms with van der Waals surface area (Å²) in [5, 5.41) is 0. The van der Waals surface area contributed by atoms with Crippen LogP contribution in [0.5, 0.6) is 0 Å². The Bertz CT molecular complexity index is 207. The molecule has 0 N–H and O–H groups in total. The molecule has 1 heterocycles. The summed E-state index contributed by atoms with van der Waals surface area (Å²) in [7, 11) is 1.26. The summed E-state index contributed by atoms with van der Waals surface area (Å²) in [6, 6.07) is 0. The minimum atomic E-state index is -0.497. The van der Waals surface area contributed by atoms with Crippen molar-refractivity contribution in [3.05, 3.63) is 0 Å². The molecule has 0 atom stereocenters. The quantitative estimate of drug-likeness (QED) is 0.473. The van der Waals surface area contributed by atoms with E-state index in [1.165, 1.54) is 7.11 Å². The van der Waals surface area contributed by atoms with Crippen LogP contribution in [0.25, 0.3) is 0 Å². The average Bonchev–Trinajstić information content (AvgIpc) is 2.67. The highest BCUT2D eigenvalue weighted by atomic mass is 16.7. The van der Waals surface area contributed by atoms with Gasteiger partial charge in [-0.05, 0) is 0 Å². The normalized spacial score (nSPS) is 16.9. The number of carbonyl (C=O) groups excluding carboxylic acids is 2. The zero-order chi connectivity index (χ0) is 10.4. The van der Waals surface area contributed by atoms with E-state index >= 15 is 0 Å². The Balaban J connectivity index is 2.11. The van der Waals surface area contributed by atoms with Gasteiger partial charge in [-0.25, -0.2) is 0 Å². The maximum absolute atomic E-state index is 11.2. The van der Waals surface area contributed by atoms with E-state index in [9.17, 15) is 9.59 Å². The number of methoxy groups -OCH3 is 1. The summed E-state index contributed by atoms with van der Waals surface area (Å²) in [6.45, 7) is 1.16. The van der Waals surface area contributed by atoms with E-state index in [0.29, 0.717) is 26.1 Å². The van der Waals surface area contributed by atoms with Crippen molar-refractivity contribution in [2.24, 2.45) is 0 Å². The predicted molar refractivity (Wildman–Crippen MR) is 46.6 cm³/mol. The highest BCUT2D eigenvalue weighted by Crippen LogP contribution is 2.11. The van der Waals surface area contributed by atoms with E-state index in [1.54, 1.807) is 0 Å². The minimum Gasteiger partial charge on any atom is -0.469 e. The van der Waals surface area contributed by atoms with Crippen LogP contribution in [0.15, 0.2) is 0 Å². The van der Waals surface area contributed by atoms with Gasteiger partial charge in [-0.2, -0.15) is 0 Å². The molecule has 0 unspecified atom stereocenters. The van der Waals surface area contributed by atoms with Gasteiger partial charge in [0.05, 0.1) is 20.3 Å². The molecule has 0 aromatic heterocycles. The number of carbonyl (C=O) groups is 2. The molecule has 5 heteroatoms. The van der Waals surface area contributed by atoms with Crippen molar-refractivity contribution in [1.82, 2.24) is 0 Å². The standard InChI is InChI=1S/C9H14O5/c1-12-8(11)6-7(10)2-3-9-13-4-5-14-9/h9H,2-6H2,1H3. The first kappa shape index (κ1) is 11.1. The Kier molecular flexibility index (Phi) is 4.55. The molecule has 0 aliphatic carbocycles. The summed E-state index contributed by atoms with van der Waals surface area (Å²) in [4.78, 5) is 21.9. The number of ketones is 1. The number of rotatable bonds is 5. The van der Waals surface area contributed by atoms with Crippen LogP contribution in [0.1, 0.15) is 19.3 Å². The first-order valence-corrected chi connectivity index (χ1v) is 4.54. The Hall–Kier alpha value is -0.940. The number of ether oxygens (including phenoxy) is 3. The van der Waals surface area contributed by atoms with Crippen molar-refractivity contribution < 1.29 is 23.8 Å². The molecule has 14 heavy (non-hydrogen) atoms. The van der Waals surface area contributed by atoms with Gasteiger partial charge in [0.15, 0.2) is 6.29 Å². The highest BCUT2D eigenvalue weighted by Gasteiger charge is 2.18. The number of hydrogen-bond acceptors (Lipinski definition) is 5. The van der Waals surface area contributed by atoms with E-state index in [1.807, 2.05) is 0 Å². The smallest absolute Gasteiger partial charge is 0.313 e. The Morgan fingerprint density at radius 3 is 2.57 bits per heavy atom. The summed E-state index contributed by atoms with van der Waals surface area (Å²) in [5.74, 6) is -0.640. The Morgan fingerprint density at radius 1 is 1.36 bits per heavy atom. The van der Waals surface area contributed by atoms with E-state index in [2.05, 4.69) is 4.74 Å². The number of hydrogen-bond donors (Lipinski definition) is 0. The van der Waals surface area contributed by atoms with Crippen molar-refractivity contribution in [1.29, 1.82) is 0 Å². The molecule has 1 fully saturated rings. The molecule has 0 spiro atoms. The summed E-state index contributed by atoms with van der Waals surface area (Å²) in [5.41, 5.74) is 0. The van der Waals surface area contributed by atoms with Crippen LogP contribution in [0.3, 0.4) is 0 Å². The SMILES string of the molecule is COC(=O)CC(=O)CCC1OCCO1. The van der Waals surface area contributed by atoms with Gasteiger partial charge in [0.1, 0.15) is 12.2 Å². The molecule has 0 radical (unpaired) electrons. The fraction of sp³-hybridized carbons (Fsp3) is 0.778. The van der Waals surface area contributed by atoms with Gasteiger partial charge in [0, 0.05) is 12.8 Å². The molecule has 0 amide bonds. The van der Waals surface area contributed by atoms with Gasteiger partial charge in [-0.3, -0.25) is 9.59 Å². The second kappa shape index (κ2) is 5.72. The maximum atomic E-state index is 11.2. The van der Waals surface area contributed by atoms with Gasteiger partial charge in [-0.1, -0.05) is 0 Å². The van der Waals surface area contributed by atoms with Gasteiger partial charge in [0.2, 0.25) is 0 Å². The topological polar surface area (TPSA) is 61.8 Å². The molecule has 1 aliphatic rings. The lowest BCUT2D eigenvalue weighted by Crippen LogP contribution is -2.13. The third-order valence-corrected chi connectivity index (χ3v) is 1.92. The second-order valence-electron chi connectivity index (χ2n) is 3.00. The largest absolute Gasteiger partial charge is 0.469 e. The molecule has 1 saturated heterocycles. The molecule has 1 rings (SSSR count). The lowest BCUT2D eigenvalue weighted by Gasteiger charge is -2.07. The fourth-order valence-corrected chi connectivity index (χ4v) is 1.17. The van der Waals surface area contributed by atoms with Gasteiger partial charge < -0.3 is 14.2 Å². The van der Waals surface area contributed by atoms with Gasteiger partial charge in [-0.15, -0.1) is 0 Å². The van der Waals surface area contributed by atoms with Crippen molar-refractivity contribution in [2.75, 3.05) is 20.3 Å². The third kappa shape index (κ3) is 3.85. The number of esters is 1. The first-order chi connectivity index (χ1) is 6.72. The Labute approximate surface area is 82.3 Å². The monoisotopic (exact) mass is 202 g/mol. The molecule has 1 aliphatic heterocycles. The fourth-order valence-electron chi connectivity index (χ4n) is 1.17. The summed E-state index contributed by atoms with van der Waals surface area (Å²) >= 11 is 0. The van der Waals surface area contributed by atoms with E-state index in [-0.39, 0.29) is 18.5 Å². The van der Waals surface area contributed by atoms with Crippen LogP contribution < -0.4 is 0 Å². The molecular formula is C9H14O5. The molecule has 0 aromatic carbocycles. The lowest BCUT2D eigenvalue weighted by atomic mass is 10.1. The first-order valence-electron chi connectivity index (χ1n) is 4.54.